The van der Waals surface area contributed by atoms with Crippen LogP contribution in [-0.4, -0.2) is 52.2 Å². The molecular formula is C18H21N3O5. The highest BCUT2D eigenvalue weighted by atomic mass is 16.5. The molecule has 1 aromatic heterocycles. The van der Waals surface area contributed by atoms with Crippen LogP contribution in [0, 0.1) is 0 Å². The number of ether oxygens (including phenoxy) is 2. The lowest BCUT2D eigenvalue weighted by Crippen LogP contribution is -2.30. The molecule has 0 saturated carbocycles. The van der Waals surface area contributed by atoms with Crippen LogP contribution in [0.3, 0.4) is 0 Å². The van der Waals surface area contributed by atoms with Crippen LogP contribution < -0.4 is 5.32 Å². The first-order valence-electron chi connectivity index (χ1n) is 8.47. The average molecular weight is 359 g/mol. The topological polar surface area (TPSA) is 103 Å². The second-order valence-corrected chi connectivity index (χ2v) is 6.07. The van der Waals surface area contributed by atoms with Crippen molar-refractivity contribution in [2.24, 2.45) is 0 Å². The van der Waals surface area contributed by atoms with E-state index < -0.39 is 12.1 Å². The van der Waals surface area contributed by atoms with E-state index in [1.54, 1.807) is 31.2 Å². The number of carboxylic acids is 1. The van der Waals surface area contributed by atoms with Crippen molar-refractivity contribution >= 4 is 17.6 Å². The van der Waals surface area contributed by atoms with Gasteiger partial charge in [0, 0.05) is 12.8 Å². The minimum Gasteiger partial charge on any atom is -0.476 e. The van der Waals surface area contributed by atoms with Gasteiger partial charge in [0.15, 0.2) is 5.69 Å². The fraction of sp³-hybridized carbons (Fsp3) is 0.389. The molecule has 1 aliphatic rings. The second-order valence-electron chi connectivity index (χ2n) is 6.07. The largest absolute Gasteiger partial charge is 0.476 e. The van der Waals surface area contributed by atoms with Crippen LogP contribution in [0.15, 0.2) is 36.5 Å². The van der Waals surface area contributed by atoms with Crippen LogP contribution in [-0.2, 0) is 14.3 Å². The quantitative estimate of drug-likeness (QED) is 0.785. The van der Waals surface area contributed by atoms with Gasteiger partial charge in [-0.15, -0.1) is 0 Å². The molecule has 0 bridgehead atoms. The zero-order valence-corrected chi connectivity index (χ0v) is 14.4. The van der Waals surface area contributed by atoms with Gasteiger partial charge in [-0.3, -0.25) is 4.79 Å². The predicted octanol–water partition coefficient (Wildman–Crippen LogP) is 2.09. The lowest BCUT2D eigenvalue weighted by Gasteiger charge is -2.17. The van der Waals surface area contributed by atoms with Gasteiger partial charge in [-0.05, 0) is 38.0 Å². The van der Waals surface area contributed by atoms with Gasteiger partial charge in [0.05, 0.1) is 24.1 Å². The minimum atomic E-state index is -1.11. The van der Waals surface area contributed by atoms with Crippen molar-refractivity contribution in [3.63, 3.8) is 0 Å². The first-order valence-corrected chi connectivity index (χ1v) is 8.47. The number of aromatic carboxylic acids is 1. The molecule has 2 aromatic rings. The van der Waals surface area contributed by atoms with Crippen molar-refractivity contribution in [3.8, 4) is 5.69 Å². The summed E-state index contributed by atoms with van der Waals surface area (Å²) in [6, 6.07) is 8.42. The van der Waals surface area contributed by atoms with Crippen molar-refractivity contribution in [1.29, 1.82) is 0 Å². The van der Waals surface area contributed by atoms with E-state index in [4.69, 9.17) is 14.6 Å². The molecule has 1 fully saturated rings. The molecule has 8 nitrogen and oxygen atoms in total. The Morgan fingerprint density at radius 2 is 2.23 bits per heavy atom. The maximum absolute atomic E-state index is 12.4. The minimum absolute atomic E-state index is 0.0519. The summed E-state index contributed by atoms with van der Waals surface area (Å²) in [5, 5.41) is 15.8. The summed E-state index contributed by atoms with van der Waals surface area (Å²) in [5.41, 5.74) is 1.02. The summed E-state index contributed by atoms with van der Waals surface area (Å²) in [6.45, 7) is 2.81. The standard InChI is InChI=1S/C18H21N3O5/c1-12(26-11-13-5-4-10-25-13)17(22)19-14-6-2-3-7-16(14)21-9-8-15(20-21)18(23)24/h2-3,6-9,12-13H,4-5,10-11H2,1H3,(H,19,22)(H,23,24). The maximum Gasteiger partial charge on any atom is 0.356 e. The third-order valence-electron chi connectivity index (χ3n) is 4.14. The van der Waals surface area contributed by atoms with Crippen molar-refractivity contribution in [1.82, 2.24) is 9.78 Å². The molecule has 2 atom stereocenters. The number of nitrogens with one attached hydrogen (secondary N) is 1. The summed E-state index contributed by atoms with van der Waals surface area (Å²) in [5.74, 6) is -1.40. The molecule has 0 spiro atoms. The summed E-state index contributed by atoms with van der Waals surface area (Å²) in [6.07, 6.45) is 2.91. The summed E-state index contributed by atoms with van der Waals surface area (Å²) in [4.78, 5) is 23.4. The molecule has 138 valence electrons. The zero-order valence-electron chi connectivity index (χ0n) is 14.4. The van der Waals surface area contributed by atoms with E-state index in [0.717, 1.165) is 19.4 Å². The fourth-order valence-corrected chi connectivity index (χ4v) is 2.69. The number of carboxylic acid groups (broad SMARTS) is 1. The molecule has 1 saturated heterocycles. The third kappa shape index (κ3) is 4.27. The molecule has 2 heterocycles. The normalized spacial score (nSPS) is 17.8. The van der Waals surface area contributed by atoms with Crippen LogP contribution >= 0.6 is 0 Å². The van der Waals surface area contributed by atoms with Gasteiger partial charge in [0.1, 0.15) is 6.10 Å². The lowest BCUT2D eigenvalue weighted by atomic mass is 10.2. The zero-order chi connectivity index (χ0) is 18.5. The number of hydrogen-bond acceptors (Lipinski definition) is 5. The maximum atomic E-state index is 12.4. The van der Waals surface area contributed by atoms with E-state index in [-0.39, 0.29) is 17.7 Å². The molecule has 1 aliphatic heterocycles. The fourth-order valence-electron chi connectivity index (χ4n) is 2.69. The number of anilines is 1. The number of carbonyl (C=O) groups excluding carboxylic acids is 1. The average Bonchev–Trinajstić information content (AvgIpc) is 3.32. The Bertz CT molecular complexity index is 783. The van der Waals surface area contributed by atoms with Gasteiger partial charge >= 0.3 is 5.97 Å². The van der Waals surface area contributed by atoms with Gasteiger partial charge in [-0.2, -0.15) is 5.10 Å². The summed E-state index contributed by atoms with van der Waals surface area (Å²) < 4.78 is 12.5. The van der Waals surface area contributed by atoms with Crippen molar-refractivity contribution in [2.45, 2.75) is 32.0 Å². The van der Waals surface area contributed by atoms with Gasteiger partial charge in [0.25, 0.3) is 5.91 Å². The van der Waals surface area contributed by atoms with Gasteiger partial charge in [0.2, 0.25) is 0 Å². The number of carbonyl (C=O) groups is 2. The van der Waals surface area contributed by atoms with Gasteiger partial charge in [-0.1, -0.05) is 12.1 Å². The number of aromatic nitrogens is 2. The first-order chi connectivity index (χ1) is 12.5. The Morgan fingerprint density at radius 3 is 2.92 bits per heavy atom. The van der Waals surface area contributed by atoms with Crippen molar-refractivity contribution in [3.05, 3.63) is 42.2 Å². The number of benzene rings is 1. The SMILES string of the molecule is CC(OCC1CCCO1)C(=O)Nc1ccccc1-n1ccc(C(=O)O)n1. The van der Waals surface area contributed by atoms with E-state index >= 15 is 0 Å². The van der Waals surface area contributed by atoms with Crippen molar-refractivity contribution < 1.29 is 24.2 Å². The molecule has 0 aliphatic carbocycles. The van der Waals surface area contributed by atoms with E-state index in [2.05, 4.69) is 10.4 Å². The number of para-hydroxylation sites is 2. The Balaban J connectivity index is 1.66. The summed E-state index contributed by atoms with van der Waals surface area (Å²) >= 11 is 0. The molecule has 2 unspecified atom stereocenters. The predicted molar refractivity (Wildman–Crippen MR) is 93.5 cm³/mol. The highest BCUT2D eigenvalue weighted by Crippen LogP contribution is 2.20. The highest BCUT2D eigenvalue weighted by molar-refractivity contribution is 5.95. The number of hydrogen-bond donors (Lipinski definition) is 2. The Labute approximate surface area is 150 Å². The van der Waals surface area contributed by atoms with Crippen LogP contribution in [0.1, 0.15) is 30.3 Å². The van der Waals surface area contributed by atoms with Crippen molar-refractivity contribution in [2.75, 3.05) is 18.5 Å². The monoisotopic (exact) mass is 359 g/mol. The Hall–Kier alpha value is -2.71. The molecule has 8 heteroatoms. The number of nitrogens with zero attached hydrogens (tertiary/aromatic N) is 2. The van der Waals surface area contributed by atoms with E-state index in [1.807, 2.05) is 0 Å². The van der Waals surface area contributed by atoms with Crippen LogP contribution in [0.2, 0.25) is 0 Å². The summed E-state index contributed by atoms with van der Waals surface area (Å²) in [7, 11) is 0. The van der Waals surface area contributed by atoms with E-state index in [9.17, 15) is 9.59 Å². The van der Waals surface area contributed by atoms with Gasteiger partial charge < -0.3 is 19.9 Å². The number of amides is 1. The Kier molecular flexibility index (Phi) is 5.65. The Morgan fingerprint density at radius 1 is 1.42 bits per heavy atom. The highest BCUT2D eigenvalue weighted by Gasteiger charge is 2.21. The lowest BCUT2D eigenvalue weighted by molar-refractivity contribution is -0.128. The molecule has 3 rings (SSSR count). The molecule has 1 amide bonds. The smallest absolute Gasteiger partial charge is 0.356 e. The number of rotatable bonds is 7. The van der Waals surface area contributed by atoms with Crippen LogP contribution in [0.25, 0.3) is 5.69 Å². The second kappa shape index (κ2) is 8.11. The molecule has 1 aromatic carbocycles. The van der Waals surface area contributed by atoms with E-state index in [1.165, 1.54) is 16.9 Å². The first kappa shape index (κ1) is 18.1. The molecular weight excluding hydrogens is 338 g/mol. The molecule has 26 heavy (non-hydrogen) atoms. The van der Waals surface area contributed by atoms with Gasteiger partial charge in [-0.25, -0.2) is 9.48 Å². The van der Waals surface area contributed by atoms with Crippen LogP contribution in [0.4, 0.5) is 5.69 Å². The molecule has 0 radical (unpaired) electrons. The third-order valence-corrected chi connectivity index (χ3v) is 4.14. The molecule has 2 N–H and O–H groups in total. The van der Waals surface area contributed by atoms with Crippen LogP contribution in [0.5, 0.6) is 0 Å². The van der Waals surface area contributed by atoms with E-state index in [0.29, 0.717) is 18.0 Å².